The first-order chi connectivity index (χ1) is 8.65. The van der Waals surface area contributed by atoms with Crippen molar-refractivity contribution in [2.45, 2.75) is 13.5 Å². The molecule has 0 saturated heterocycles. The number of hydrogen-bond acceptors (Lipinski definition) is 2. The summed E-state index contributed by atoms with van der Waals surface area (Å²) in [6.07, 6.45) is 0. The van der Waals surface area contributed by atoms with Gasteiger partial charge in [0.2, 0.25) is 0 Å². The average Bonchev–Trinajstić information content (AvgIpc) is 2.38. The van der Waals surface area contributed by atoms with Crippen molar-refractivity contribution in [3.63, 3.8) is 0 Å². The van der Waals surface area contributed by atoms with Crippen LogP contribution in [-0.4, -0.2) is 5.97 Å². The van der Waals surface area contributed by atoms with Gasteiger partial charge in [-0.2, -0.15) is 0 Å². The van der Waals surface area contributed by atoms with Crippen molar-refractivity contribution in [3.05, 3.63) is 57.7 Å². The summed E-state index contributed by atoms with van der Waals surface area (Å²) in [5.41, 5.74) is 3.35. The van der Waals surface area contributed by atoms with E-state index in [9.17, 15) is 4.79 Å². The first-order valence-corrected chi connectivity index (χ1v) is 6.71. The van der Waals surface area contributed by atoms with Gasteiger partial charge in [0.25, 0.3) is 0 Å². The fraction of sp³-hybridized carbons (Fsp3) is 0.133. The van der Waals surface area contributed by atoms with Crippen LogP contribution >= 0.6 is 22.6 Å². The molecule has 2 nitrogen and oxygen atoms in total. The molecule has 2 aromatic carbocycles. The zero-order chi connectivity index (χ0) is 13.0. The van der Waals surface area contributed by atoms with Crippen LogP contribution in [0.3, 0.4) is 0 Å². The Morgan fingerprint density at radius 3 is 2.00 bits per heavy atom. The summed E-state index contributed by atoms with van der Waals surface area (Å²) in [5.74, 6) is -0.253. The molecule has 0 aliphatic heterocycles. The molecule has 0 saturated carbocycles. The Bertz CT molecular complexity index is 529. The van der Waals surface area contributed by atoms with Crippen LogP contribution in [0.5, 0.6) is 0 Å². The SMILES string of the molecule is CC(=O)OCc1ccc(-c2ccc(I)cc2)cc1. The van der Waals surface area contributed by atoms with Crippen LogP contribution in [0, 0.1) is 3.57 Å². The monoisotopic (exact) mass is 352 g/mol. The second kappa shape index (κ2) is 6.00. The summed E-state index contributed by atoms with van der Waals surface area (Å²) in [4.78, 5) is 10.7. The summed E-state index contributed by atoms with van der Waals surface area (Å²) in [7, 11) is 0. The number of ether oxygens (including phenoxy) is 1. The third-order valence-electron chi connectivity index (χ3n) is 2.57. The van der Waals surface area contributed by atoms with Gasteiger partial charge in [0, 0.05) is 10.5 Å². The van der Waals surface area contributed by atoms with Crippen LogP contribution in [0.15, 0.2) is 48.5 Å². The van der Waals surface area contributed by atoms with E-state index in [-0.39, 0.29) is 5.97 Å². The Morgan fingerprint density at radius 1 is 1.00 bits per heavy atom. The Hall–Kier alpha value is -1.36. The number of halogens is 1. The maximum absolute atomic E-state index is 10.7. The van der Waals surface area contributed by atoms with Crippen molar-refractivity contribution >= 4 is 28.6 Å². The number of rotatable bonds is 3. The quantitative estimate of drug-likeness (QED) is 0.616. The van der Waals surface area contributed by atoms with E-state index < -0.39 is 0 Å². The van der Waals surface area contributed by atoms with E-state index in [4.69, 9.17) is 4.74 Å². The summed E-state index contributed by atoms with van der Waals surface area (Å²) < 4.78 is 6.17. The highest BCUT2D eigenvalue weighted by Crippen LogP contribution is 2.21. The topological polar surface area (TPSA) is 26.3 Å². The minimum Gasteiger partial charge on any atom is -0.461 e. The van der Waals surface area contributed by atoms with E-state index >= 15 is 0 Å². The van der Waals surface area contributed by atoms with Crippen LogP contribution in [0.2, 0.25) is 0 Å². The molecule has 2 aromatic rings. The first-order valence-electron chi connectivity index (χ1n) is 5.63. The van der Waals surface area contributed by atoms with Gasteiger partial charge < -0.3 is 4.74 Å². The van der Waals surface area contributed by atoms with Crippen molar-refractivity contribution in [1.29, 1.82) is 0 Å². The fourth-order valence-electron chi connectivity index (χ4n) is 1.62. The van der Waals surface area contributed by atoms with Crippen LogP contribution in [0.4, 0.5) is 0 Å². The van der Waals surface area contributed by atoms with Crippen molar-refractivity contribution in [3.8, 4) is 11.1 Å². The molecule has 3 heteroatoms. The molecule has 0 heterocycles. The van der Waals surface area contributed by atoms with Gasteiger partial charge in [-0.15, -0.1) is 0 Å². The Kier molecular flexibility index (Phi) is 4.36. The standard InChI is InChI=1S/C15H13IO2/c1-11(17)18-10-12-2-4-13(5-3-12)14-6-8-15(16)9-7-14/h2-9H,10H2,1H3. The molecule has 0 spiro atoms. The highest BCUT2D eigenvalue weighted by atomic mass is 127. The molecule has 0 unspecified atom stereocenters. The summed E-state index contributed by atoms with van der Waals surface area (Å²) in [5, 5.41) is 0. The van der Waals surface area contributed by atoms with Crippen LogP contribution < -0.4 is 0 Å². The second-order valence-electron chi connectivity index (χ2n) is 3.98. The lowest BCUT2D eigenvalue weighted by molar-refractivity contribution is -0.142. The Morgan fingerprint density at radius 2 is 1.50 bits per heavy atom. The second-order valence-corrected chi connectivity index (χ2v) is 5.23. The van der Waals surface area contributed by atoms with Gasteiger partial charge >= 0.3 is 5.97 Å². The minimum atomic E-state index is -0.253. The van der Waals surface area contributed by atoms with E-state index in [0.29, 0.717) is 6.61 Å². The average molecular weight is 352 g/mol. The number of esters is 1. The van der Waals surface area contributed by atoms with Gasteiger partial charge in [-0.25, -0.2) is 0 Å². The largest absolute Gasteiger partial charge is 0.461 e. The maximum atomic E-state index is 10.7. The first kappa shape index (κ1) is 13.1. The van der Waals surface area contributed by atoms with Gasteiger partial charge in [0.1, 0.15) is 6.61 Å². The predicted octanol–water partition coefficient (Wildman–Crippen LogP) is 4.02. The molecule has 92 valence electrons. The van der Waals surface area contributed by atoms with Gasteiger partial charge in [-0.3, -0.25) is 4.79 Å². The Balaban J connectivity index is 2.12. The fourth-order valence-corrected chi connectivity index (χ4v) is 1.98. The van der Waals surface area contributed by atoms with Crippen LogP contribution in [0.25, 0.3) is 11.1 Å². The van der Waals surface area contributed by atoms with Crippen LogP contribution in [0.1, 0.15) is 12.5 Å². The van der Waals surface area contributed by atoms with E-state index in [2.05, 4.69) is 46.9 Å². The van der Waals surface area contributed by atoms with Gasteiger partial charge in [0.05, 0.1) is 0 Å². The summed E-state index contributed by atoms with van der Waals surface area (Å²) in [6, 6.07) is 16.4. The van der Waals surface area contributed by atoms with Crippen molar-refractivity contribution < 1.29 is 9.53 Å². The summed E-state index contributed by atoms with van der Waals surface area (Å²) in [6.45, 7) is 1.75. The number of carbonyl (C=O) groups excluding carboxylic acids is 1. The molecule has 0 fully saturated rings. The molecular formula is C15H13IO2. The molecule has 0 aliphatic rings. The molecule has 18 heavy (non-hydrogen) atoms. The third kappa shape index (κ3) is 3.57. The molecular weight excluding hydrogens is 339 g/mol. The third-order valence-corrected chi connectivity index (χ3v) is 3.29. The Labute approximate surface area is 120 Å². The lowest BCUT2D eigenvalue weighted by atomic mass is 10.0. The van der Waals surface area contributed by atoms with Gasteiger partial charge in [-0.05, 0) is 51.4 Å². The van der Waals surface area contributed by atoms with E-state index in [1.165, 1.54) is 16.1 Å². The normalized spacial score (nSPS) is 10.1. The maximum Gasteiger partial charge on any atom is 0.302 e. The molecule has 0 amide bonds. The molecule has 2 rings (SSSR count). The van der Waals surface area contributed by atoms with Crippen molar-refractivity contribution in [2.24, 2.45) is 0 Å². The smallest absolute Gasteiger partial charge is 0.302 e. The van der Waals surface area contributed by atoms with Crippen molar-refractivity contribution in [1.82, 2.24) is 0 Å². The highest BCUT2D eigenvalue weighted by molar-refractivity contribution is 14.1. The zero-order valence-electron chi connectivity index (χ0n) is 10.0. The van der Waals surface area contributed by atoms with E-state index in [1.54, 1.807) is 0 Å². The molecule has 0 bridgehead atoms. The number of carbonyl (C=O) groups is 1. The minimum absolute atomic E-state index is 0.253. The van der Waals surface area contributed by atoms with E-state index in [0.717, 1.165) is 11.1 Å². The predicted molar refractivity (Wildman–Crippen MR) is 80.1 cm³/mol. The number of hydrogen-bond donors (Lipinski definition) is 0. The molecule has 0 aromatic heterocycles. The van der Waals surface area contributed by atoms with Crippen LogP contribution in [-0.2, 0) is 16.1 Å². The van der Waals surface area contributed by atoms with E-state index in [1.807, 2.05) is 24.3 Å². The highest BCUT2D eigenvalue weighted by Gasteiger charge is 1.99. The van der Waals surface area contributed by atoms with Crippen molar-refractivity contribution in [2.75, 3.05) is 0 Å². The molecule has 0 radical (unpaired) electrons. The number of benzene rings is 2. The molecule has 0 atom stereocenters. The van der Waals surface area contributed by atoms with Gasteiger partial charge in [0.15, 0.2) is 0 Å². The molecule has 0 aliphatic carbocycles. The lowest BCUT2D eigenvalue weighted by Crippen LogP contribution is -1.98. The lowest BCUT2D eigenvalue weighted by Gasteiger charge is -2.05. The molecule has 0 N–H and O–H groups in total. The van der Waals surface area contributed by atoms with Gasteiger partial charge in [-0.1, -0.05) is 36.4 Å². The zero-order valence-corrected chi connectivity index (χ0v) is 12.2. The summed E-state index contributed by atoms with van der Waals surface area (Å²) >= 11 is 2.29.